The van der Waals surface area contributed by atoms with E-state index in [1.54, 1.807) is 11.3 Å². The van der Waals surface area contributed by atoms with Crippen LogP contribution in [0.25, 0.3) is 10.6 Å². The van der Waals surface area contributed by atoms with E-state index in [0.29, 0.717) is 0 Å². The van der Waals surface area contributed by atoms with Crippen LogP contribution in [0.1, 0.15) is 19.3 Å². The van der Waals surface area contributed by atoms with Crippen molar-refractivity contribution in [3.05, 3.63) is 29.8 Å². The standard InChI is InChI=1S/C13H15N3S/c1-2-8-16(9-3-1)13-14-7-6-11(15-13)12-5-4-10-17-12/h4-7,10H,1-3,8-9H2. The summed E-state index contributed by atoms with van der Waals surface area (Å²) in [6, 6.07) is 6.15. The van der Waals surface area contributed by atoms with Gasteiger partial charge in [-0.25, -0.2) is 9.97 Å². The number of thiophene rings is 1. The van der Waals surface area contributed by atoms with Gasteiger partial charge in [-0.15, -0.1) is 11.3 Å². The Bertz CT molecular complexity index is 475. The lowest BCUT2D eigenvalue weighted by atomic mass is 10.1. The van der Waals surface area contributed by atoms with E-state index in [2.05, 4.69) is 32.4 Å². The average molecular weight is 245 g/mol. The zero-order chi connectivity index (χ0) is 11.5. The van der Waals surface area contributed by atoms with Crippen LogP contribution >= 0.6 is 11.3 Å². The van der Waals surface area contributed by atoms with Crippen molar-refractivity contribution in [1.82, 2.24) is 9.97 Å². The lowest BCUT2D eigenvalue weighted by molar-refractivity contribution is 0.568. The first-order valence-corrected chi connectivity index (χ1v) is 6.93. The molecule has 17 heavy (non-hydrogen) atoms. The second-order valence-electron chi connectivity index (χ2n) is 4.27. The van der Waals surface area contributed by atoms with Crippen LogP contribution < -0.4 is 4.90 Å². The van der Waals surface area contributed by atoms with Crippen molar-refractivity contribution in [2.75, 3.05) is 18.0 Å². The summed E-state index contributed by atoms with van der Waals surface area (Å²) in [6.45, 7) is 2.18. The Labute approximate surface area is 105 Å². The van der Waals surface area contributed by atoms with E-state index >= 15 is 0 Å². The smallest absolute Gasteiger partial charge is 0.225 e. The van der Waals surface area contributed by atoms with Gasteiger partial charge in [-0.1, -0.05) is 6.07 Å². The Morgan fingerprint density at radius 2 is 2.00 bits per heavy atom. The fourth-order valence-electron chi connectivity index (χ4n) is 2.16. The Hall–Kier alpha value is -1.42. The Kier molecular flexibility index (Phi) is 3.05. The van der Waals surface area contributed by atoms with Gasteiger partial charge >= 0.3 is 0 Å². The Balaban J connectivity index is 1.88. The van der Waals surface area contributed by atoms with Crippen LogP contribution in [0.4, 0.5) is 5.95 Å². The van der Waals surface area contributed by atoms with Gasteiger partial charge in [-0.2, -0.15) is 0 Å². The minimum absolute atomic E-state index is 0.885. The van der Waals surface area contributed by atoms with Gasteiger partial charge in [-0.3, -0.25) is 0 Å². The Morgan fingerprint density at radius 3 is 2.76 bits per heavy atom. The van der Waals surface area contributed by atoms with Crippen LogP contribution in [0.2, 0.25) is 0 Å². The van der Waals surface area contributed by atoms with E-state index in [9.17, 15) is 0 Å². The molecule has 2 aromatic rings. The molecule has 1 saturated heterocycles. The van der Waals surface area contributed by atoms with Crippen molar-refractivity contribution >= 4 is 17.3 Å². The summed E-state index contributed by atoms with van der Waals surface area (Å²) in [5.41, 5.74) is 1.04. The first-order valence-electron chi connectivity index (χ1n) is 6.05. The van der Waals surface area contributed by atoms with Crippen LogP contribution in [-0.2, 0) is 0 Å². The number of hydrogen-bond donors (Lipinski definition) is 0. The van der Waals surface area contributed by atoms with E-state index in [-0.39, 0.29) is 0 Å². The second-order valence-corrected chi connectivity index (χ2v) is 5.21. The molecular formula is C13H15N3S. The van der Waals surface area contributed by atoms with Crippen LogP contribution in [0, 0.1) is 0 Å². The second kappa shape index (κ2) is 4.84. The Morgan fingerprint density at radius 1 is 1.12 bits per heavy atom. The minimum Gasteiger partial charge on any atom is -0.341 e. The molecule has 1 aliphatic heterocycles. The molecule has 1 aliphatic rings. The molecule has 0 N–H and O–H groups in total. The molecule has 3 nitrogen and oxygen atoms in total. The highest BCUT2D eigenvalue weighted by Crippen LogP contribution is 2.24. The third-order valence-corrected chi connectivity index (χ3v) is 3.95. The van der Waals surface area contributed by atoms with Gasteiger partial charge in [-0.05, 0) is 36.8 Å². The number of hydrogen-bond acceptors (Lipinski definition) is 4. The van der Waals surface area contributed by atoms with Gasteiger partial charge in [0, 0.05) is 19.3 Å². The molecule has 0 amide bonds. The lowest BCUT2D eigenvalue weighted by Gasteiger charge is -2.26. The maximum absolute atomic E-state index is 4.66. The highest BCUT2D eigenvalue weighted by molar-refractivity contribution is 7.13. The summed E-state index contributed by atoms with van der Waals surface area (Å²) >= 11 is 1.72. The molecule has 0 bridgehead atoms. The zero-order valence-electron chi connectivity index (χ0n) is 9.67. The zero-order valence-corrected chi connectivity index (χ0v) is 10.5. The van der Waals surface area contributed by atoms with Gasteiger partial charge in [0.2, 0.25) is 5.95 Å². The maximum Gasteiger partial charge on any atom is 0.225 e. The first kappa shape index (κ1) is 10.7. The molecule has 3 rings (SSSR count). The topological polar surface area (TPSA) is 29.0 Å². The van der Waals surface area contributed by atoms with Crippen molar-refractivity contribution in [2.24, 2.45) is 0 Å². The summed E-state index contributed by atoms with van der Waals surface area (Å²) in [5.74, 6) is 0.885. The number of nitrogens with zero attached hydrogens (tertiary/aromatic N) is 3. The maximum atomic E-state index is 4.66. The monoisotopic (exact) mass is 245 g/mol. The van der Waals surface area contributed by atoms with Gasteiger partial charge in [0.05, 0.1) is 10.6 Å². The molecule has 0 aromatic carbocycles. The van der Waals surface area contributed by atoms with Crippen molar-refractivity contribution in [2.45, 2.75) is 19.3 Å². The summed E-state index contributed by atoms with van der Waals surface area (Å²) in [6.07, 6.45) is 5.71. The van der Waals surface area contributed by atoms with Gasteiger partial charge in [0.1, 0.15) is 0 Å². The molecule has 4 heteroatoms. The SMILES string of the molecule is c1csc(-c2ccnc(N3CCCCC3)n2)c1. The van der Waals surface area contributed by atoms with E-state index < -0.39 is 0 Å². The average Bonchev–Trinajstić information content (AvgIpc) is 2.94. The fourth-order valence-corrected chi connectivity index (χ4v) is 2.85. The van der Waals surface area contributed by atoms with Crippen LogP contribution in [0.5, 0.6) is 0 Å². The predicted octanol–water partition coefficient (Wildman–Crippen LogP) is 3.20. The first-order chi connectivity index (χ1) is 8.43. The summed E-state index contributed by atoms with van der Waals surface area (Å²) in [5, 5.41) is 2.08. The van der Waals surface area contributed by atoms with Gasteiger partial charge in [0.15, 0.2) is 0 Å². The van der Waals surface area contributed by atoms with E-state index in [1.807, 2.05) is 12.3 Å². The summed E-state index contributed by atoms with van der Waals surface area (Å²) in [7, 11) is 0. The van der Waals surface area contributed by atoms with Crippen LogP contribution in [0.15, 0.2) is 29.8 Å². The molecule has 0 saturated carbocycles. The number of aromatic nitrogens is 2. The van der Waals surface area contributed by atoms with Crippen molar-refractivity contribution < 1.29 is 0 Å². The van der Waals surface area contributed by atoms with E-state index in [1.165, 1.54) is 24.1 Å². The number of rotatable bonds is 2. The molecule has 0 spiro atoms. The third-order valence-electron chi connectivity index (χ3n) is 3.06. The quantitative estimate of drug-likeness (QED) is 0.813. The van der Waals surface area contributed by atoms with Crippen molar-refractivity contribution in [3.8, 4) is 10.6 Å². The minimum atomic E-state index is 0.885. The normalized spacial score (nSPS) is 16.1. The predicted molar refractivity (Wildman–Crippen MR) is 71.4 cm³/mol. The van der Waals surface area contributed by atoms with Gasteiger partial charge in [0.25, 0.3) is 0 Å². The lowest BCUT2D eigenvalue weighted by Crippen LogP contribution is -2.30. The van der Waals surface area contributed by atoms with Crippen molar-refractivity contribution in [1.29, 1.82) is 0 Å². The number of piperidine rings is 1. The molecule has 88 valence electrons. The summed E-state index contributed by atoms with van der Waals surface area (Å²) in [4.78, 5) is 12.6. The fraction of sp³-hybridized carbons (Fsp3) is 0.385. The van der Waals surface area contributed by atoms with Crippen molar-refractivity contribution in [3.63, 3.8) is 0 Å². The highest BCUT2D eigenvalue weighted by atomic mass is 32.1. The van der Waals surface area contributed by atoms with Crippen LogP contribution in [0.3, 0.4) is 0 Å². The number of anilines is 1. The van der Waals surface area contributed by atoms with Gasteiger partial charge < -0.3 is 4.90 Å². The molecule has 1 fully saturated rings. The molecular weight excluding hydrogens is 230 g/mol. The van der Waals surface area contributed by atoms with Crippen LogP contribution in [-0.4, -0.2) is 23.1 Å². The summed E-state index contributed by atoms with van der Waals surface area (Å²) < 4.78 is 0. The molecule has 0 atom stereocenters. The van der Waals surface area contributed by atoms with E-state index in [0.717, 1.165) is 24.7 Å². The molecule has 0 unspecified atom stereocenters. The third kappa shape index (κ3) is 2.31. The molecule has 3 heterocycles. The largest absolute Gasteiger partial charge is 0.341 e. The highest BCUT2D eigenvalue weighted by Gasteiger charge is 2.14. The molecule has 2 aromatic heterocycles. The van der Waals surface area contributed by atoms with E-state index in [4.69, 9.17) is 0 Å². The molecule has 0 aliphatic carbocycles. The molecule has 0 radical (unpaired) electrons.